The molecule has 1 aliphatic heterocycles. The Morgan fingerprint density at radius 3 is 2.10 bits per heavy atom. The summed E-state index contributed by atoms with van der Waals surface area (Å²) in [5.41, 5.74) is 3.96. The van der Waals surface area contributed by atoms with Crippen LogP contribution in [0, 0.1) is 5.92 Å². The maximum absolute atomic E-state index is 12.9. The van der Waals surface area contributed by atoms with Gasteiger partial charge in [-0.1, -0.05) is 32.0 Å². The van der Waals surface area contributed by atoms with Crippen molar-refractivity contribution in [2.45, 2.75) is 39.5 Å². The van der Waals surface area contributed by atoms with Crippen molar-refractivity contribution in [3.8, 4) is 5.75 Å². The average molecular weight is 395 g/mol. The molecule has 5 nitrogen and oxygen atoms in total. The maximum Gasteiger partial charge on any atom is 0.253 e. The molecule has 1 fully saturated rings. The first-order chi connectivity index (χ1) is 14.1. The maximum atomic E-state index is 12.9. The van der Waals surface area contributed by atoms with E-state index in [-0.39, 0.29) is 17.7 Å². The molecule has 0 aromatic heterocycles. The molecule has 0 bridgehead atoms. The monoisotopic (exact) mass is 394 g/mol. The highest BCUT2D eigenvalue weighted by atomic mass is 16.5. The fraction of sp³-hybridized carbons (Fsp3) is 0.417. The zero-order chi connectivity index (χ0) is 20.8. The fourth-order valence-corrected chi connectivity index (χ4v) is 3.89. The van der Waals surface area contributed by atoms with Crippen LogP contribution in [0.1, 0.15) is 48.2 Å². The number of aryl methyl sites for hydroxylation is 2. The van der Waals surface area contributed by atoms with E-state index in [0.717, 1.165) is 24.3 Å². The number of ether oxygens (including phenoxy) is 1. The van der Waals surface area contributed by atoms with E-state index in [1.165, 1.54) is 11.1 Å². The van der Waals surface area contributed by atoms with E-state index in [0.29, 0.717) is 31.5 Å². The molecule has 0 atom stereocenters. The van der Waals surface area contributed by atoms with Crippen LogP contribution in [0.15, 0.2) is 42.5 Å². The smallest absolute Gasteiger partial charge is 0.253 e. The van der Waals surface area contributed by atoms with Gasteiger partial charge in [0.1, 0.15) is 5.75 Å². The zero-order valence-electron chi connectivity index (χ0n) is 17.5. The number of likely N-dealkylation sites (tertiary alicyclic amines) is 1. The van der Waals surface area contributed by atoms with Crippen LogP contribution >= 0.6 is 0 Å². The summed E-state index contributed by atoms with van der Waals surface area (Å²) >= 11 is 0. The summed E-state index contributed by atoms with van der Waals surface area (Å²) in [7, 11) is 1.61. The third kappa shape index (κ3) is 4.78. The Kier molecular flexibility index (Phi) is 6.91. The van der Waals surface area contributed by atoms with Crippen LogP contribution in [0.2, 0.25) is 0 Å². The topological polar surface area (TPSA) is 58.6 Å². The molecule has 154 valence electrons. The fourth-order valence-electron chi connectivity index (χ4n) is 3.89. The number of piperidine rings is 1. The lowest BCUT2D eigenvalue weighted by molar-refractivity contribution is -0.121. The number of anilines is 1. The van der Waals surface area contributed by atoms with Crippen LogP contribution in [0.25, 0.3) is 0 Å². The SMILES string of the molecule is CCc1cccc(CC)c1NC(=O)C1CCN(C(=O)c2ccc(OC)cc2)CC1. The summed E-state index contributed by atoms with van der Waals surface area (Å²) < 4.78 is 5.15. The van der Waals surface area contributed by atoms with E-state index >= 15 is 0 Å². The number of methoxy groups -OCH3 is 1. The van der Waals surface area contributed by atoms with Crippen LogP contribution in [0.3, 0.4) is 0 Å². The molecule has 3 rings (SSSR count). The standard InChI is InChI=1S/C24H30N2O3/c1-4-17-7-6-8-18(5-2)22(17)25-23(27)19-13-15-26(16-14-19)24(28)20-9-11-21(29-3)12-10-20/h6-12,19H,4-5,13-16H2,1-3H3,(H,25,27). The molecule has 0 spiro atoms. The van der Waals surface area contributed by atoms with Gasteiger partial charge < -0.3 is 15.0 Å². The number of hydrogen-bond donors (Lipinski definition) is 1. The van der Waals surface area contributed by atoms with E-state index < -0.39 is 0 Å². The van der Waals surface area contributed by atoms with Crippen molar-refractivity contribution in [3.63, 3.8) is 0 Å². The number of carbonyl (C=O) groups excluding carboxylic acids is 2. The van der Waals surface area contributed by atoms with Crippen molar-refractivity contribution in [2.24, 2.45) is 5.92 Å². The Morgan fingerprint density at radius 1 is 1.00 bits per heavy atom. The number of nitrogens with zero attached hydrogens (tertiary/aromatic N) is 1. The van der Waals surface area contributed by atoms with Gasteiger partial charge >= 0.3 is 0 Å². The van der Waals surface area contributed by atoms with Crippen molar-refractivity contribution in [3.05, 3.63) is 59.2 Å². The van der Waals surface area contributed by atoms with E-state index in [1.54, 1.807) is 31.4 Å². The summed E-state index contributed by atoms with van der Waals surface area (Å²) in [6, 6.07) is 13.4. The molecular weight excluding hydrogens is 364 g/mol. The van der Waals surface area contributed by atoms with Crippen molar-refractivity contribution < 1.29 is 14.3 Å². The molecule has 1 aliphatic rings. The van der Waals surface area contributed by atoms with Crippen LogP contribution in [-0.2, 0) is 17.6 Å². The summed E-state index contributed by atoms with van der Waals surface area (Å²) in [6.45, 7) is 5.40. The highest BCUT2D eigenvalue weighted by Crippen LogP contribution is 2.26. The average Bonchev–Trinajstić information content (AvgIpc) is 2.78. The molecule has 29 heavy (non-hydrogen) atoms. The first-order valence-electron chi connectivity index (χ1n) is 10.4. The summed E-state index contributed by atoms with van der Waals surface area (Å²) in [5.74, 6) is 0.744. The van der Waals surface area contributed by atoms with Gasteiger partial charge in [-0.2, -0.15) is 0 Å². The van der Waals surface area contributed by atoms with Crippen LogP contribution in [0.4, 0.5) is 5.69 Å². The highest BCUT2D eigenvalue weighted by molar-refractivity contribution is 5.96. The molecule has 1 saturated heterocycles. The number of rotatable bonds is 6. The van der Waals surface area contributed by atoms with Gasteiger partial charge in [0.2, 0.25) is 5.91 Å². The number of para-hydroxylation sites is 1. The second kappa shape index (κ2) is 9.59. The van der Waals surface area contributed by atoms with Gasteiger partial charge in [-0.15, -0.1) is 0 Å². The predicted octanol–water partition coefficient (Wildman–Crippen LogP) is 4.31. The second-order valence-corrected chi connectivity index (χ2v) is 7.44. The number of amides is 2. The normalized spacial score (nSPS) is 14.5. The first-order valence-corrected chi connectivity index (χ1v) is 10.4. The summed E-state index contributed by atoms with van der Waals surface area (Å²) in [6.07, 6.45) is 3.14. The third-order valence-corrected chi connectivity index (χ3v) is 5.74. The third-order valence-electron chi connectivity index (χ3n) is 5.74. The van der Waals surface area contributed by atoms with Crippen LogP contribution in [0.5, 0.6) is 5.75 Å². The molecule has 5 heteroatoms. The largest absolute Gasteiger partial charge is 0.497 e. The van der Waals surface area contributed by atoms with Crippen LogP contribution in [-0.4, -0.2) is 36.9 Å². The minimum atomic E-state index is -0.0652. The second-order valence-electron chi connectivity index (χ2n) is 7.44. The zero-order valence-corrected chi connectivity index (χ0v) is 17.5. The molecule has 0 aliphatic carbocycles. The van der Waals surface area contributed by atoms with Gasteiger partial charge in [-0.05, 0) is 61.1 Å². The number of benzene rings is 2. The summed E-state index contributed by atoms with van der Waals surface area (Å²) in [4.78, 5) is 27.4. The molecule has 2 aromatic carbocycles. The van der Waals surface area contributed by atoms with Gasteiger partial charge in [0.15, 0.2) is 0 Å². The number of carbonyl (C=O) groups is 2. The van der Waals surface area contributed by atoms with E-state index in [2.05, 4.69) is 37.4 Å². The molecule has 2 amide bonds. The molecule has 0 radical (unpaired) electrons. The van der Waals surface area contributed by atoms with Gasteiger partial charge in [0.05, 0.1) is 7.11 Å². The Labute approximate surface area is 173 Å². The lowest BCUT2D eigenvalue weighted by Gasteiger charge is -2.31. The predicted molar refractivity (Wildman–Crippen MR) is 115 cm³/mol. The van der Waals surface area contributed by atoms with Gasteiger partial charge in [-0.25, -0.2) is 0 Å². The Bertz CT molecular complexity index is 831. The molecular formula is C24H30N2O3. The minimum absolute atomic E-state index is 0.0103. The van der Waals surface area contributed by atoms with Gasteiger partial charge in [-0.3, -0.25) is 9.59 Å². The van der Waals surface area contributed by atoms with E-state index in [4.69, 9.17) is 4.74 Å². The number of nitrogens with one attached hydrogen (secondary N) is 1. The Morgan fingerprint density at radius 2 is 1.59 bits per heavy atom. The van der Waals surface area contributed by atoms with Crippen molar-refractivity contribution >= 4 is 17.5 Å². The quantitative estimate of drug-likeness (QED) is 0.794. The van der Waals surface area contributed by atoms with E-state index in [1.807, 2.05) is 4.90 Å². The van der Waals surface area contributed by atoms with Crippen molar-refractivity contribution in [1.29, 1.82) is 0 Å². The Hall–Kier alpha value is -2.82. The lowest BCUT2D eigenvalue weighted by atomic mass is 9.94. The van der Waals surface area contributed by atoms with Gasteiger partial charge in [0.25, 0.3) is 5.91 Å². The lowest BCUT2D eigenvalue weighted by Crippen LogP contribution is -2.41. The highest BCUT2D eigenvalue weighted by Gasteiger charge is 2.28. The molecule has 1 heterocycles. The summed E-state index contributed by atoms with van der Waals surface area (Å²) in [5, 5.41) is 3.18. The molecule has 2 aromatic rings. The minimum Gasteiger partial charge on any atom is -0.497 e. The van der Waals surface area contributed by atoms with Crippen LogP contribution < -0.4 is 10.1 Å². The molecule has 0 unspecified atom stereocenters. The molecule has 1 N–H and O–H groups in total. The van der Waals surface area contributed by atoms with Crippen molar-refractivity contribution in [1.82, 2.24) is 4.90 Å². The first kappa shape index (κ1) is 20.9. The van der Waals surface area contributed by atoms with Crippen molar-refractivity contribution in [2.75, 3.05) is 25.5 Å². The molecule has 0 saturated carbocycles. The Balaban J connectivity index is 1.60. The van der Waals surface area contributed by atoms with Gasteiger partial charge in [0, 0.05) is 30.3 Å². The number of hydrogen-bond acceptors (Lipinski definition) is 3. The van der Waals surface area contributed by atoms with E-state index in [9.17, 15) is 9.59 Å².